The number of fused-ring (bicyclic) bond motifs is 1. The van der Waals surface area contributed by atoms with Crippen molar-refractivity contribution in [3.8, 4) is 17.2 Å². The molecule has 1 aromatic rings. The van der Waals surface area contributed by atoms with Crippen LogP contribution in [0.1, 0.15) is 0 Å². The smallest absolute Gasteiger partial charge is 0.493 e. The van der Waals surface area contributed by atoms with Gasteiger partial charge < -0.3 is 14.2 Å². The molecular weight excluding hydrogens is 256 g/mol. The van der Waals surface area contributed by atoms with Gasteiger partial charge in [-0.25, -0.2) is 0 Å². The summed E-state index contributed by atoms with van der Waals surface area (Å²) < 4.78 is 15.1. The number of methoxy groups -OCH3 is 1. The molecule has 0 atom stereocenters. The van der Waals surface area contributed by atoms with Gasteiger partial charge in [0.25, 0.3) is 0 Å². The molecule has 14 heavy (non-hydrogen) atoms. The van der Waals surface area contributed by atoms with Gasteiger partial charge in [0.2, 0.25) is 5.75 Å². The van der Waals surface area contributed by atoms with Crippen molar-refractivity contribution in [1.82, 2.24) is 0 Å². The Morgan fingerprint density at radius 2 is 2.07 bits per heavy atom. The van der Waals surface area contributed by atoms with E-state index in [0.717, 1.165) is 0 Å². The lowest BCUT2D eigenvalue weighted by atomic mass is 10.3. The molecule has 0 saturated carbocycles. The van der Waals surface area contributed by atoms with Gasteiger partial charge in [-0.15, -0.1) is 0 Å². The highest BCUT2D eigenvalue weighted by Crippen LogP contribution is 2.46. The summed E-state index contributed by atoms with van der Waals surface area (Å²) in [7, 11) is 1.44. The Hall–Kier alpha value is -0.980. The van der Waals surface area contributed by atoms with E-state index in [1.165, 1.54) is 7.11 Å². The quantitative estimate of drug-likeness (QED) is 0.734. The molecule has 1 aliphatic rings. The van der Waals surface area contributed by atoms with Crippen LogP contribution < -0.4 is 14.2 Å². The summed E-state index contributed by atoms with van der Waals surface area (Å²) in [5.74, 6) is 0.737. The van der Waals surface area contributed by atoms with E-state index in [1.807, 2.05) is 0 Å². The number of hydrogen-bond donors (Lipinski definition) is 2. The molecule has 0 aliphatic carbocycles. The minimum absolute atomic E-state index is 0.167. The average molecular weight is 263 g/mol. The summed E-state index contributed by atoms with van der Waals surface area (Å²) in [5.41, 5.74) is 0. The van der Waals surface area contributed by atoms with Crippen LogP contribution in [0, 0.1) is 0 Å². The second-order valence-corrected chi connectivity index (χ2v) is 3.60. The maximum atomic E-state index is 9.07. The van der Waals surface area contributed by atoms with E-state index >= 15 is 0 Å². The van der Waals surface area contributed by atoms with Gasteiger partial charge >= 0.3 is 6.16 Å². The standard InChI is InChI=1S/C8H7BrO5/c1-12-5-2-4(9)3-6-7(5)14-8(10,11)13-6/h2-3,10-11H,1H3. The van der Waals surface area contributed by atoms with Crippen molar-refractivity contribution >= 4 is 15.9 Å². The van der Waals surface area contributed by atoms with E-state index in [0.29, 0.717) is 10.2 Å². The molecule has 76 valence electrons. The Bertz CT molecular complexity index is 376. The fourth-order valence-corrected chi connectivity index (χ4v) is 1.59. The van der Waals surface area contributed by atoms with Gasteiger partial charge in [-0.2, -0.15) is 0 Å². The summed E-state index contributed by atoms with van der Waals surface area (Å²) in [6.07, 6.45) is -2.61. The van der Waals surface area contributed by atoms with Crippen LogP contribution in [0.2, 0.25) is 0 Å². The molecule has 1 aliphatic heterocycles. The third kappa shape index (κ3) is 1.52. The minimum atomic E-state index is -2.61. The zero-order valence-electron chi connectivity index (χ0n) is 7.15. The molecule has 0 spiro atoms. The van der Waals surface area contributed by atoms with Crippen LogP contribution >= 0.6 is 15.9 Å². The summed E-state index contributed by atoms with van der Waals surface area (Å²) >= 11 is 3.22. The Balaban J connectivity index is 2.50. The number of halogens is 1. The minimum Gasteiger partial charge on any atom is -0.493 e. The first kappa shape index (κ1) is 9.57. The van der Waals surface area contributed by atoms with E-state index in [-0.39, 0.29) is 11.5 Å². The second kappa shape index (κ2) is 3.01. The summed E-state index contributed by atoms with van der Waals surface area (Å²) in [5, 5.41) is 18.1. The topological polar surface area (TPSA) is 68.2 Å². The number of aliphatic hydroxyl groups is 2. The molecule has 1 heterocycles. The highest BCUT2D eigenvalue weighted by molar-refractivity contribution is 9.10. The highest BCUT2D eigenvalue weighted by atomic mass is 79.9. The predicted molar refractivity (Wildman–Crippen MR) is 49.1 cm³/mol. The second-order valence-electron chi connectivity index (χ2n) is 2.69. The van der Waals surface area contributed by atoms with Crippen molar-refractivity contribution < 1.29 is 24.4 Å². The monoisotopic (exact) mass is 262 g/mol. The lowest BCUT2D eigenvalue weighted by Crippen LogP contribution is -2.37. The van der Waals surface area contributed by atoms with Crippen LogP contribution in [0.4, 0.5) is 0 Å². The number of ether oxygens (including phenoxy) is 3. The molecule has 2 N–H and O–H groups in total. The third-order valence-corrected chi connectivity index (χ3v) is 2.14. The average Bonchev–Trinajstić information content (AvgIpc) is 2.37. The first-order valence-electron chi connectivity index (χ1n) is 3.72. The first-order valence-corrected chi connectivity index (χ1v) is 4.51. The van der Waals surface area contributed by atoms with Gasteiger partial charge in [-0.1, -0.05) is 15.9 Å². The molecular formula is C8H7BrO5. The third-order valence-electron chi connectivity index (χ3n) is 1.68. The maximum Gasteiger partial charge on any atom is 0.505 e. The molecule has 0 fully saturated rings. The van der Waals surface area contributed by atoms with Crippen LogP contribution in [-0.2, 0) is 0 Å². The Labute approximate surface area is 88.0 Å². The van der Waals surface area contributed by atoms with Gasteiger partial charge in [-0.3, -0.25) is 10.2 Å². The lowest BCUT2D eigenvalue weighted by molar-refractivity contribution is -0.385. The van der Waals surface area contributed by atoms with Crippen molar-refractivity contribution in [2.45, 2.75) is 6.16 Å². The predicted octanol–water partition coefficient (Wildman–Crippen LogP) is 0.825. The molecule has 0 saturated heterocycles. The van der Waals surface area contributed by atoms with Crippen LogP contribution in [0.25, 0.3) is 0 Å². The molecule has 0 unspecified atom stereocenters. The molecule has 2 rings (SSSR count). The molecule has 6 heteroatoms. The fraction of sp³-hybridized carbons (Fsp3) is 0.250. The Morgan fingerprint density at radius 3 is 2.71 bits per heavy atom. The summed E-state index contributed by atoms with van der Waals surface area (Å²) in [6, 6.07) is 3.18. The summed E-state index contributed by atoms with van der Waals surface area (Å²) in [6.45, 7) is 0. The van der Waals surface area contributed by atoms with Gasteiger partial charge in [0.1, 0.15) is 0 Å². The molecule has 0 amide bonds. The highest BCUT2D eigenvalue weighted by Gasteiger charge is 2.40. The van der Waals surface area contributed by atoms with Gasteiger partial charge in [0, 0.05) is 4.47 Å². The van der Waals surface area contributed by atoms with Gasteiger partial charge in [0.05, 0.1) is 7.11 Å². The fourth-order valence-electron chi connectivity index (χ4n) is 1.17. The molecule has 1 aromatic carbocycles. The molecule has 0 bridgehead atoms. The molecule has 0 radical (unpaired) electrons. The Kier molecular flexibility index (Phi) is 2.06. The van der Waals surface area contributed by atoms with Crippen LogP contribution in [0.3, 0.4) is 0 Å². The van der Waals surface area contributed by atoms with Crippen molar-refractivity contribution in [3.05, 3.63) is 16.6 Å². The van der Waals surface area contributed by atoms with E-state index in [1.54, 1.807) is 12.1 Å². The van der Waals surface area contributed by atoms with E-state index < -0.39 is 6.16 Å². The number of rotatable bonds is 1. The maximum absolute atomic E-state index is 9.07. The van der Waals surface area contributed by atoms with Crippen LogP contribution in [-0.4, -0.2) is 23.5 Å². The van der Waals surface area contributed by atoms with Crippen LogP contribution in [0.15, 0.2) is 16.6 Å². The molecule has 5 nitrogen and oxygen atoms in total. The zero-order valence-corrected chi connectivity index (χ0v) is 8.74. The lowest BCUT2D eigenvalue weighted by Gasteiger charge is -2.11. The van der Waals surface area contributed by atoms with E-state index in [9.17, 15) is 0 Å². The summed E-state index contributed by atoms with van der Waals surface area (Å²) in [4.78, 5) is 0. The Morgan fingerprint density at radius 1 is 1.36 bits per heavy atom. The SMILES string of the molecule is COc1cc(Br)cc2c1OC(O)(O)O2. The van der Waals surface area contributed by atoms with Gasteiger partial charge in [0.15, 0.2) is 11.5 Å². The molecule has 0 aromatic heterocycles. The van der Waals surface area contributed by atoms with Crippen molar-refractivity contribution in [1.29, 1.82) is 0 Å². The largest absolute Gasteiger partial charge is 0.505 e. The van der Waals surface area contributed by atoms with Crippen LogP contribution in [0.5, 0.6) is 17.2 Å². The van der Waals surface area contributed by atoms with E-state index in [4.69, 9.17) is 24.4 Å². The van der Waals surface area contributed by atoms with Crippen molar-refractivity contribution in [3.63, 3.8) is 0 Å². The normalized spacial score (nSPS) is 16.9. The van der Waals surface area contributed by atoms with Crippen molar-refractivity contribution in [2.75, 3.05) is 7.11 Å². The van der Waals surface area contributed by atoms with Crippen molar-refractivity contribution in [2.24, 2.45) is 0 Å². The number of benzene rings is 1. The number of hydrogen-bond acceptors (Lipinski definition) is 5. The zero-order chi connectivity index (χ0) is 10.3. The first-order chi connectivity index (χ1) is 6.52. The van der Waals surface area contributed by atoms with Gasteiger partial charge in [-0.05, 0) is 12.1 Å². The van der Waals surface area contributed by atoms with E-state index in [2.05, 4.69) is 15.9 Å².